The van der Waals surface area contributed by atoms with E-state index in [1.165, 1.54) is 0 Å². The van der Waals surface area contributed by atoms with Crippen LogP contribution >= 0.6 is 12.9 Å². The number of hydrogen-bond donors (Lipinski definition) is 1. The van der Waals surface area contributed by atoms with E-state index in [0.29, 0.717) is 6.61 Å². The number of hydrogen-bond acceptors (Lipinski definition) is 2. The van der Waals surface area contributed by atoms with Crippen molar-refractivity contribution in [3.63, 3.8) is 0 Å². The molecule has 4 heavy (non-hydrogen) atoms. The Labute approximate surface area is 31.6 Å². The fourth-order valence-electron chi connectivity index (χ4n) is 0. The van der Waals surface area contributed by atoms with Crippen LogP contribution in [0.2, 0.25) is 0 Å². The van der Waals surface area contributed by atoms with E-state index in [-0.39, 0.29) is 0 Å². The van der Waals surface area contributed by atoms with Crippen LogP contribution in [0.1, 0.15) is 0 Å². The molecule has 1 nitrogen and oxygen atoms in total. The van der Waals surface area contributed by atoms with E-state index >= 15 is 0 Å². The van der Waals surface area contributed by atoms with E-state index in [0.717, 1.165) is 0 Å². The van der Waals surface area contributed by atoms with E-state index in [2.05, 4.69) is 24.0 Å². The molecule has 0 saturated carbocycles. The zero-order chi connectivity index (χ0) is 3.41. The maximum atomic E-state index is 4.12. The molecule has 0 bridgehead atoms. The average molecular weight is 77.1 g/mol. The molecule has 0 aliphatic heterocycles. The number of rotatable bonds is 1. The molecule has 0 aromatic rings. The molecule has 0 rings (SSSR count). The summed E-state index contributed by atoms with van der Waals surface area (Å²) in [4.78, 5) is 0. The van der Waals surface area contributed by atoms with Crippen molar-refractivity contribution in [1.82, 2.24) is 0 Å². The Kier molecular flexibility index (Phi) is 3.57. The Hall–Kier alpha value is 0.310. The third-order valence-corrected chi connectivity index (χ3v) is 0.274. The quantitative estimate of drug-likeness (QED) is 0.357. The molecule has 0 aliphatic rings. The van der Waals surface area contributed by atoms with Crippen molar-refractivity contribution in [2.75, 3.05) is 6.61 Å². The van der Waals surface area contributed by atoms with Crippen molar-refractivity contribution >= 4 is 12.9 Å². The monoisotopic (exact) mass is 77.0 g/mol. The summed E-state index contributed by atoms with van der Waals surface area (Å²) in [5.74, 6) is 0. The first kappa shape index (κ1) is 4.31. The van der Waals surface area contributed by atoms with Crippen molar-refractivity contribution in [1.29, 1.82) is 0 Å². The van der Waals surface area contributed by atoms with E-state index in [1.807, 2.05) is 0 Å². The van der Waals surface area contributed by atoms with Gasteiger partial charge in [0.15, 0.2) is 0 Å². The molecule has 25 valence electrons. The fourth-order valence-corrected chi connectivity index (χ4v) is 0. The maximum Gasteiger partial charge on any atom is 0.0611 e. The molecule has 2 heteroatoms. The van der Waals surface area contributed by atoms with Gasteiger partial charge in [-0.05, 0) is 19.8 Å². The predicted octanol–water partition coefficient (Wildman–Crippen LogP) is 0.682. The van der Waals surface area contributed by atoms with Gasteiger partial charge >= 0.3 is 0 Å². The molecule has 0 unspecified atom stereocenters. The second-order valence-electron chi connectivity index (χ2n) is 0.333. The minimum Gasteiger partial charge on any atom is -0.318 e. The molecule has 0 N–H and O–H groups in total. The van der Waals surface area contributed by atoms with Crippen LogP contribution in [-0.4, -0.2) is 6.61 Å². The molecule has 0 spiro atoms. The Morgan fingerprint density at radius 2 is 2.25 bits per heavy atom. The lowest BCUT2D eigenvalue weighted by Crippen LogP contribution is -1.65. The lowest BCUT2D eigenvalue weighted by Gasteiger charge is -1.73. The van der Waals surface area contributed by atoms with Crippen LogP contribution in [0.4, 0.5) is 0 Å². The van der Waals surface area contributed by atoms with Gasteiger partial charge in [0.2, 0.25) is 0 Å². The summed E-state index contributed by atoms with van der Waals surface area (Å²) < 4.78 is 4.12. The van der Waals surface area contributed by atoms with Gasteiger partial charge in [0.25, 0.3) is 0 Å². The molecule has 0 saturated heterocycles. The summed E-state index contributed by atoms with van der Waals surface area (Å²) in [5, 5.41) is 0. The summed E-state index contributed by atoms with van der Waals surface area (Å²) in [6.07, 6.45) is 0. The van der Waals surface area contributed by atoms with E-state index in [1.54, 1.807) is 0 Å². The van der Waals surface area contributed by atoms with Gasteiger partial charge < -0.3 is 4.18 Å². The largest absolute Gasteiger partial charge is 0.318 e. The molecule has 0 heterocycles. The maximum absolute atomic E-state index is 4.12. The zero-order valence-corrected chi connectivity index (χ0v) is 3.16. The SMILES string of the molecule is [CH2]COS. The Morgan fingerprint density at radius 3 is 2.25 bits per heavy atom. The van der Waals surface area contributed by atoms with Crippen molar-refractivity contribution in [2.45, 2.75) is 0 Å². The highest BCUT2D eigenvalue weighted by Crippen LogP contribution is 1.69. The first-order valence-corrected chi connectivity index (χ1v) is 1.34. The third kappa shape index (κ3) is 2.31. The molecule has 1 radical (unpaired) electrons. The van der Waals surface area contributed by atoms with Gasteiger partial charge in [-0.3, -0.25) is 0 Å². The van der Waals surface area contributed by atoms with Gasteiger partial charge in [-0.25, -0.2) is 0 Å². The summed E-state index contributed by atoms with van der Waals surface area (Å²) in [6, 6.07) is 0. The molecule has 0 aliphatic carbocycles. The average Bonchev–Trinajstić information content (AvgIpc) is 1.37. The Balaban J connectivity index is 1.97. The van der Waals surface area contributed by atoms with Crippen molar-refractivity contribution in [3.8, 4) is 0 Å². The lowest BCUT2D eigenvalue weighted by molar-refractivity contribution is 0.436. The normalized spacial score (nSPS) is 7.50. The van der Waals surface area contributed by atoms with Crippen LogP contribution in [0, 0.1) is 6.92 Å². The van der Waals surface area contributed by atoms with Crippen molar-refractivity contribution in [3.05, 3.63) is 6.92 Å². The molecular formula is C2H5OS. The molecule has 0 fully saturated rings. The van der Waals surface area contributed by atoms with Gasteiger partial charge in [0.05, 0.1) is 6.61 Å². The van der Waals surface area contributed by atoms with E-state index < -0.39 is 0 Å². The molecule has 0 aromatic carbocycles. The minimum absolute atomic E-state index is 0.434. The second kappa shape index (κ2) is 3.31. The van der Waals surface area contributed by atoms with Gasteiger partial charge in [-0.15, -0.1) is 0 Å². The van der Waals surface area contributed by atoms with Gasteiger partial charge in [-0.2, -0.15) is 0 Å². The first-order chi connectivity index (χ1) is 1.91. The Morgan fingerprint density at radius 1 is 2.00 bits per heavy atom. The first-order valence-electron chi connectivity index (χ1n) is 0.971. The van der Waals surface area contributed by atoms with E-state index in [9.17, 15) is 0 Å². The molecule has 0 aromatic heterocycles. The Bertz CT molecular complexity index is 8.00. The highest BCUT2D eigenvalue weighted by molar-refractivity contribution is 7.75. The van der Waals surface area contributed by atoms with Gasteiger partial charge in [-0.1, -0.05) is 0 Å². The topological polar surface area (TPSA) is 9.23 Å². The van der Waals surface area contributed by atoms with Crippen LogP contribution in [0.5, 0.6) is 0 Å². The van der Waals surface area contributed by atoms with Crippen molar-refractivity contribution < 1.29 is 4.18 Å². The smallest absolute Gasteiger partial charge is 0.0611 e. The summed E-state index contributed by atoms with van der Waals surface area (Å²) >= 11 is 3.36. The summed E-state index contributed by atoms with van der Waals surface area (Å²) in [5.41, 5.74) is 0. The summed E-state index contributed by atoms with van der Waals surface area (Å²) in [7, 11) is 0. The highest BCUT2D eigenvalue weighted by atomic mass is 32.1. The number of thiol groups is 1. The van der Waals surface area contributed by atoms with Crippen LogP contribution in [-0.2, 0) is 4.18 Å². The van der Waals surface area contributed by atoms with Crippen LogP contribution < -0.4 is 0 Å². The standard InChI is InChI=1S/C2H5OS/c1-2-3-4/h4H,1-2H2. The van der Waals surface area contributed by atoms with Gasteiger partial charge in [0, 0.05) is 0 Å². The molecule has 0 amide bonds. The summed E-state index contributed by atoms with van der Waals surface area (Å²) in [6.45, 7) is 3.74. The lowest BCUT2D eigenvalue weighted by atomic mass is 10.9. The second-order valence-corrected chi connectivity index (χ2v) is 0.591. The fraction of sp³-hybridized carbons (Fsp3) is 0.500. The van der Waals surface area contributed by atoms with Crippen LogP contribution in [0.25, 0.3) is 0 Å². The highest BCUT2D eigenvalue weighted by Gasteiger charge is 1.53. The minimum atomic E-state index is 0.434. The van der Waals surface area contributed by atoms with Crippen LogP contribution in [0.3, 0.4) is 0 Å². The molecular weight excluding hydrogens is 72.1 g/mol. The van der Waals surface area contributed by atoms with Gasteiger partial charge in [0.1, 0.15) is 0 Å². The van der Waals surface area contributed by atoms with Crippen molar-refractivity contribution in [2.24, 2.45) is 0 Å². The predicted molar refractivity (Wildman–Crippen MR) is 20.3 cm³/mol. The third-order valence-electron chi connectivity index (χ3n) is 0.0913. The van der Waals surface area contributed by atoms with Crippen LogP contribution in [0.15, 0.2) is 0 Å². The van der Waals surface area contributed by atoms with E-state index in [4.69, 9.17) is 0 Å². The molecule has 0 atom stereocenters. The zero-order valence-electron chi connectivity index (χ0n) is 2.27.